The van der Waals surface area contributed by atoms with Gasteiger partial charge in [0.15, 0.2) is 0 Å². The lowest BCUT2D eigenvalue weighted by molar-refractivity contribution is -0.143. The Kier molecular flexibility index (Phi) is 6.59. The third-order valence-corrected chi connectivity index (χ3v) is 5.13. The van der Waals surface area contributed by atoms with Crippen molar-refractivity contribution in [1.29, 1.82) is 0 Å². The monoisotopic (exact) mass is 419 g/mol. The largest absolute Gasteiger partial charge is 0.466 e. The molecule has 1 saturated heterocycles. The van der Waals surface area contributed by atoms with Crippen LogP contribution in [-0.2, 0) is 14.3 Å². The highest BCUT2D eigenvalue weighted by molar-refractivity contribution is 8.18. The zero-order chi connectivity index (χ0) is 20.1. The highest BCUT2D eigenvalue weighted by atomic mass is 35.5. The van der Waals surface area contributed by atoms with Gasteiger partial charge < -0.3 is 9.15 Å². The Morgan fingerprint density at radius 2 is 1.96 bits per heavy atom. The summed E-state index contributed by atoms with van der Waals surface area (Å²) in [5, 5.41) is 0.275. The predicted molar refractivity (Wildman–Crippen MR) is 108 cm³/mol. The lowest BCUT2D eigenvalue weighted by Crippen LogP contribution is -2.29. The minimum atomic E-state index is -0.386. The fraction of sp³-hybridized carbons (Fsp3) is 0.250. The average Bonchev–Trinajstić information content (AvgIpc) is 3.23. The Balaban J connectivity index is 1.65. The molecule has 8 heteroatoms. The van der Waals surface area contributed by atoms with Gasteiger partial charge in [0, 0.05) is 29.6 Å². The average molecular weight is 420 g/mol. The zero-order valence-electron chi connectivity index (χ0n) is 15.1. The molecule has 0 spiro atoms. The smallest absolute Gasteiger partial charge is 0.305 e. The summed E-state index contributed by atoms with van der Waals surface area (Å²) < 4.78 is 10.6. The molecule has 0 radical (unpaired) electrons. The molecule has 1 aromatic carbocycles. The van der Waals surface area contributed by atoms with E-state index in [2.05, 4.69) is 0 Å². The van der Waals surface area contributed by atoms with Crippen molar-refractivity contribution in [2.24, 2.45) is 0 Å². The van der Waals surface area contributed by atoms with Gasteiger partial charge in [-0.05, 0) is 61.5 Å². The number of ether oxygens (including phenoxy) is 1. The summed E-state index contributed by atoms with van der Waals surface area (Å²) in [7, 11) is 0. The molecular weight excluding hydrogens is 402 g/mol. The first-order valence-electron chi connectivity index (χ1n) is 8.74. The molecule has 0 N–H and O–H groups in total. The van der Waals surface area contributed by atoms with E-state index in [-0.39, 0.29) is 35.0 Å². The molecule has 6 nitrogen and oxygen atoms in total. The van der Waals surface area contributed by atoms with Gasteiger partial charge in [0.05, 0.1) is 11.5 Å². The number of hydrogen-bond acceptors (Lipinski definition) is 6. The minimum Gasteiger partial charge on any atom is -0.466 e. The molecule has 0 bridgehead atoms. The number of furan rings is 1. The molecule has 1 fully saturated rings. The second-order valence-corrected chi connectivity index (χ2v) is 7.38. The Hall–Kier alpha value is -2.51. The van der Waals surface area contributed by atoms with Crippen molar-refractivity contribution in [2.75, 3.05) is 13.2 Å². The van der Waals surface area contributed by atoms with Crippen LogP contribution in [0.1, 0.15) is 25.5 Å². The molecule has 0 unspecified atom stereocenters. The third kappa shape index (κ3) is 4.85. The molecular formula is C20H18ClNO5S. The summed E-state index contributed by atoms with van der Waals surface area (Å²) in [5.74, 6) is 0.386. The van der Waals surface area contributed by atoms with Crippen molar-refractivity contribution in [3.8, 4) is 11.3 Å². The number of rotatable bonds is 7. The number of halogens is 1. The summed E-state index contributed by atoms with van der Waals surface area (Å²) in [5.41, 5.74) is 0.858. The number of hydrogen-bond donors (Lipinski definition) is 0. The predicted octanol–water partition coefficient (Wildman–Crippen LogP) is 4.98. The fourth-order valence-electron chi connectivity index (χ4n) is 2.64. The quantitative estimate of drug-likeness (QED) is 0.465. The van der Waals surface area contributed by atoms with Crippen molar-refractivity contribution in [3.63, 3.8) is 0 Å². The van der Waals surface area contributed by atoms with Gasteiger partial charge in [0.2, 0.25) is 0 Å². The van der Waals surface area contributed by atoms with Crippen LogP contribution >= 0.6 is 23.4 Å². The Labute approximate surface area is 171 Å². The van der Waals surface area contributed by atoms with Crippen LogP contribution in [0, 0.1) is 0 Å². The van der Waals surface area contributed by atoms with E-state index in [9.17, 15) is 14.4 Å². The van der Waals surface area contributed by atoms with E-state index in [4.69, 9.17) is 20.8 Å². The van der Waals surface area contributed by atoms with Gasteiger partial charge in [-0.15, -0.1) is 0 Å². The number of amides is 2. The number of benzene rings is 1. The molecule has 0 saturated carbocycles. The summed E-state index contributed by atoms with van der Waals surface area (Å²) >= 11 is 6.75. The first-order valence-corrected chi connectivity index (χ1v) is 9.94. The van der Waals surface area contributed by atoms with Gasteiger partial charge >= 0.3 is 5.97 Å². The van der Waals surface area contributed by atoms with Crippen molar-refractivity contribution in [2.45, 2.75) is 19.8 Å². The number of carbonyl (C=O) groups excluding carboxylic acids is 3. The first-order chi connectivity index (χ1) is 13.5. The maximum Gasteiger partial charge on any atom is 0.305 e. The van der Waals surface area contributed by atoms with Crippen molar-refractivity contribution in [3.05, 3.63) is 52.1 Å². The summed E-state index contributed by atoms with van der Waals surface area (Å²) in [4.78, 5) is 37.4. The standard InChI is InChI=1S/C20H18ClNO5S/c1-2-26-18(23)4-3-11-22-19(24)17(28-20(22)25)12-15-9-10-16(27-15)13-5-7-14(21)8-6-13/h5-10,12H,2-4,11H2,1H3. The molecule has 28 heavy (non-hydrogen) atoms. The van der Waals surface area contributed by atoms with Crippen molar-refractivity contribution in [1.82, 2.24) is 4.90 Å². The van der Waals surface area contributed by atoms with Crippen LogP contribution in [0.2, 0.25) is 5.02 Å². The van der Waals surface area contributed by atoms with E-state index >= 15 is 0 Å². The summed E-state index contributed by atoms with van der Waals surface area (Å²) in [6.07, 6.45) is 2.08. The summed E-state index contributed by atoms with van der Waals surface area (Å²) in [6.45, 7) is 2.21. The van der Waals surface area contributed by atoms with Crippen LogP contribution < -0.4 is 0 Å². The Morgan fingerprint density at radius 1 is 1.21 bits per heavy atom. The van der Waals surface area contributed by atoms with Gasteiger partial charge in [0.25, 0.3) is 11.1 Å². The normalized spacial score (nSPS) is 15.5. The highest BCUT2D eigenvalue weighted by Gasteiger charge is 2.34. The van der Waals surface area contributed by atoms with Crippen LogP contribution in [0.4, 0.5) is 4.79 Å². The van der Waals surface area contributed by atoms with E-state index in [1.54, 1.807) is 37.3 Å². The van der Waals surface area contributed by atoms with Gasteiger partial charge in [-0.3, -0.25) is 19.3 Å². The molecule has 1 aliphatic heterocycles. The minimum absolute atomic E-state index is 0.164. The van der Waals surface area contributed by atoms with E-state index in [1.807, 2.05) is 12.1 Å². The highest BCUT2D eigenvalue weighted by Crippen LogP contribution is 2.33. The van der Waals surface area contributed by atoms with E-state index in [0.29, 0.717) is 29.6 Å². The maximum atomic E-state index is 12.5. The number of imide groups is 1. The second-order valence-electron chi connectivity index (χ2n) is 5.95. The third-order valence-electron chi connectivity index (χ3n) is 3.97. The van der Waals surface area contributed by atoms with Crippen molar-refractivity contribution >= 4 is 46.6 Å². The first kappa shape index (κ1) is 20.2. The molecule has 1 aromatic heterocycles. The topological polar surface area (TPSA) is 76.8 Å². The fourth-order valence-corrected chi connectivity index (χ4v) is 3.61. The molecule has 1 aliphatic rings. The van der Waals surface area contributed by atoms with Crippen LogP contribution in [0.3, 0.4) is 0 Å². The number of carbonyl (C=O) groups is 3. The number of nitrogens with zero attached hydrogens (tertiary/aromatic N) is 1. The zero-order valence-corrected chi connectivity index (χ0v) is 16.7. The number of thioether (sulfide) groups is 1. The second kappa shape index (κ2) is 9.12. The Bertz CT molecular complexity index is 919. The molecule has 0 aliphatic carbocycles. The summed E-state index contributed by atoms with van der Waals surface area (Å²) in [6, 6.07) is 10.7. The van der Waals surface area contributed by atoms with E-state index in [0.717, 1.165) is 22.2 Å². The SMILES string of the molecule is CCOC(=O)CCCN1C(=O)SC(=Cc2ccc(-c3ccc(Cl)cc3)o2)C1=O. The van der Waals surface area contributed by atoms with Gasteiger partial charge in [-0.1, -0.05) is 11.6 Å². The maximum absolute atomic E-state index is 12.5. The lowest BCUT2D eigenvalue weighted by atomic mass is 10.2. The van der Waals surface area contributed by atoms with Gasteiger partial charge in [-0.25, -0.2) is 0 Å². The van der Waals surface area contributed by atoms with Crippen LogP contribution in [0.25, 0.3) is 17.4 Å². The molecule has 3 rings (SSSR count). The van der Waals surface area contributed by atoms with E-state index in [1.165, 1.54) is 0 Å². The Morgan fingerprint density at radius 3 is 2.68 bits per heavy atom. The molecule has 2 heterocycles. The van der Waals surface area contributed by atoms with Crippen LogP contribution in [0.5, 0.6) is 0 Å². The number of esters is 1. The van der Waals surface area contributed by atoms with E-state index < -0.39 is 0 Å². The van der Waals surface area contributed by atoms with Gasteiger partial charge in [0.1, 0.15) is 11.5 Å². The van der Waals surface area contributed by atoms with Crippen molar-refractivity contribution < 1.29 is 23.5 Å². The van der Waals surface area contributed by atoms with Crippen LogP contribution in [-0.4, -0.2) is 35.2 Å². The molecule has 146 valence electrons. The lowest BCUT2D eigenvalue weighted by Gasteiger charge is -2.11. The van der Waals surface area contributed by atoms with Crippen LogP contribution in [0.15, 0.2) is 45.7 Å². The molecule has 2 amide bonds. The molecule has 0 atom stereocenters. The molecule has 2 aromatic rings. The van der Waals surface area contributed by atoms with Gasteiger partial charge in [-0.2, -0.15) is 0 Å².